The van der Waals surface area contributed by atoms with Crippen molar-refractivity contribution in [1.29, 1.82) is 0 Å². The van der Waals surface area contributed by atoms with Crippen LogP contribution in [0.2, 0.25) is 0 Å². The highest BCUT2D eigenvalue weighted by Gasteiger charge is 2.48. The van der Waals surface area contributed by atoms with Crippen LogP contribution in [0.25, 0.3) is 0 Å². The number of allylic oxidation sites excluding steroid dienone is 1. The van der Waals surface area contributed by atoms with Crippen LogP contribution in [0.1, 0.15) is 181 Å². The molecule has 0 unspecified atom stereocenters. The average molecular weight is 860 g/mol. The summed E-state index contributed by atoms with van der Waals surface area (Å²) in [6, 6.07) is -1.05. The van der Waals surface area contributed by atoms with Crippen LogP contribution in [0.4, 0.5) is 0 Å². The molecule has 17 heteroatoms. The van der Waals surface area contributed by atoms with E-state index in [2.05, 4.69) is 27.5 Å². The number of carbonyl (C=O) groups excluding carboxylic acids is 1. The molecule has 7 atom stereocenters. The molecular formula is C40H77NO14S2. The lowest BCUT2D eigenvalue weighted by atomic mass is 9.99. The Labute approximate surface area is 344 Å². The van der Waals surface area contributed by atoms with Gasteiger partial charge in [-0.1, -0.05) is 167 Å². The minimum Gasteiger partial charge on any atom is -0.387 e. The van der Waals surface area contributed by atoms with Gasteiger partial charge < -0.3 is 30.1 Å². The first kappa shape index (κ1) is 53.8. The predicted octanol–water partition coefficient (Wildman–Crippen LogP) is 7.04. The number of hydrogen-bond acceptors (Lipinski definition) is 12. The second-order valence-corrected chi connectivity index (χ2v) is 17.6. The van der Waals surface area contributed by atoms with Crippen molar-refractivity contribution in [3.8, 4) is 0 Å². The van der Waals surface area contributed by atoms with Gasteiger partial charge in [0.15, 0.2) is 6.29 Å². The molecule has 6 N–H and O–H groups in total. The van der Waals surface area contributed by atoms with Crippen LogP contribution in [-0.4, -0.2) is 103 Å². The molecule has 57 heavy (non-hydrogen) atoms. The van der Waals surface area contributed by atoms with Gasteiger partial charge in [0.05, 0.1) is 25.4 Å². The van der Waals surface area contributed by atoms with Gasteiger partial charge in [0, 0.05) is 6.42 Å². The van der Waals surface area contributed by atoms with Crippen molar-refractivity contribution in [2.75, 3.05) is 13.2 Å². The van der Waals surface area contributed by atoms with Gasteiger partial charge in [-0.05, 0) is 19.3 Å². The molecule has 338 valence electrons. The van der Waals surface area contributed by atoms with Crippen LogP contribution in [0, 0.1) is 0 Å². The third kappa shape index (κ3) is 28.8. The summed E-state index contributed by atoms with van der Waals surface area (Å²) < 4.78 is 83.2. The molecule has 15 nitrogen and oxygen atoms in total. The smallest absolute Gasteiger partial charge is 0.387 e. The fraction of sp³-hybridized carbons (Fsp3) is 0.925. The van der Waals surface area contributed by atoms with Crippen LogP contribution in [0.15, 0.2) is 12.2 Å². The van der Waals surface area contributed by atoms with E-state index in [0.717, 1.165) is 38.5 Å². The molecule has 1 amide bonds. The standard InChI is InChI=1S/C40H77NO14S2/c1-3-5-7-9-11-13-15-17-19-21-23-25-27-29-34(42)33(41-36(43)30-28-26-24-22-20-18-16-14-12-10-8-6-4-2)31-52-40-38(45)39(55-57(49,50)51)37(44)35(54-40)32-53-56(46,47)48/h27,29,33-35,37-40,42,44-45H,3-26,28,30-32H2,1-2H3,(H,41,43)(H,46,47,48)(H,49,50,51)/b29-27+/t33-,34+,35+,37-,38+,39-,40+/m0/s1. The molecule has 0 aromatic rings. The van der Waals surface area contributed by atoms with Crippen LogP contribution >= 0.6 is 0 Å². The first-order chi connectivity index (χ1) is 27.2. The van der Waals surface area contributed by atoms with E-state index in [4.69, 9.17) is 14.0 Å². The number of unbranched alkanes of at least 4 members (excludes halogenated alkanes) is 23. The lowest BCUT2D eigenvalue weighted by Gasteiger charge is -2.41. The molecule has 0 bridgehead atoms. The molecule has 0 spiro atoms. The number of ether oxygens (including phenoxy) is 2. The van der Waals surface area contributed by atoms with Gasteiger partial charge in [-0.15, -0.1) is 0 Å². The lowest BCUT2D eigenvalue weighted by molar-refractivity contribution is -0.297. The second-order valence-electron chi connectivity index (χ2n) is 15.5. The van der Waals surface area contributed by atoms with Crippen LogP contribution < -0.4 is 5.32 Å². The van der Waals surface area contributed by atoms with E-state index in [9.17, 15) is 41.5 Å². The number of aliphatic hydroxyl groups is 3. The van der Waals surface area contributed by atoms with Gasteiger partial charge in [0.25, 0.3) is 0 Å². The Morgan fingerprint density at radius 3 is 1.60 bits per heavy atom. The van der Waals surface area contributed by atoms with Crippen molar-refractivity contribution >= 4 is 26.7 Å². The van der Waals surface area contributed by atoms with Crippen molar-refractivity contribution in [2.24, 2.45) is 0 Å². The highest BCUT2D eigenvalue weighted by molar-refractivity contribution is 7.81. The summed E-state index contributed by atoms with van der Waals surface area (Å²) >= 11 is 0. The fourth-order valence-electron chi connectivity index (χ4n) is 6.89. The molecule has 1 fully saturated rings. The number of hydrogen-bond donors (Lipinski definition) is 6. The van der Waals surface area contributed by atoms with Crippen LogP contribution in [-0.2, 0) is 43.4 Å². The van der Waals surface area contributed by atoms with Gasteiger partial charge in [-0.25, -0.2) is 8.37 Å². The number of aliphatic hydroxyl groups excluding tert-OH is 3. The number of carbonyl (C=O) groups is 1. The van der Waals surface area contributed by atoms with Gasteiger partial charge in [0.1, 0.15) is 24.4 Å². The molecule has 0 saturated carbocycles. The SMILES string of the molecule is CCCCCCCCCCCCC/C=C/[C@@H](O)[C@H](CO[C@@H]1O[C@H](COS(=O)(=O)O)[C@H](O)[C@H](OS(=O)(=O)O)[C@H]1O)NC(=O)CCCCCCCCCCCCCCC. The zero-order valence-electron chi connectivity index (χ0n) is 34.7. The summed E-state index contributed by atoms with van der Waals surface area (Å²) in [7, 11) is -10.3. The molecule has 0 radical (unpaired) electrons. The summed E-state index contributed by atoms with van der Waals surface area (Å²) in [6.07, 6.45) is 21.6. The fourth-order valence-corrected chi connectivity index (χ4v) is 7.70. The van der Waals surface area contributed by atoms with Gasteiger partial charge in [-0.3, -0.25) is 13.9 Å². The van der Waals surface area contributed by atoms with E-state index in [1.165, 1.54) is 109 Å². The van der Waals surface area contributed by atoms with E-state index in [1.54, 1.807) is 6.08 Å². The minimum absolute atomic E-state index is 0.206. The highest BCUT2D eigenvalue weighted by atomic mass is 32.3. The minimum atomic E-state index is -5.24. The Morgan fingerprint density at radius 2 is 1.14 bits per heavy atom. The van der Waals surface area contributed by atoms with Gasteiger partial charge in [0.2, 0.25) is 5.91 Å². The third-order valence-corrected chi connectivity index (χ3v) is 11.2. The number of nitrogens with one attached hydrogen (secondary N) is 1. The topological polar surface area (TPSA) is 235 Å². The zero-order chi connectivity index (χ0) is 42.4. The van der Waals surface area contributed by atoms with E-state index in [0.29, 0.717) is 12.8 Å². The first-order valence-electron chi connectivity index (χ1n) is 21.7. The Hall–Kier alpha value is -1.25. The monoisotopic (exact) mass is 859 g/mol. The largest absolute Gasteiger partial charge is 0.397 e. The maximum atomic E-state index is 13.0. The quantitative estimate of drug-likeness (QED) is 0.0209. The zero-order valence-corrected chi connectivity index (χ0v) is 36.4. The van der Waals surface area contributed by atoms with Crippen LogP contribution in [0.3, 0.4) is 0 Å². The highest BCUT2D eigenvalue weighted by Crippen LogP contribution is 2.27. The normalized spacial score (nSPS) is 21.6. The van der Waals surface area contributed by atoms with Crippen molar-refractivity contribution in [2.45, 2.75) is 224 Å². The summed E-state index contributed by atoms with van der Waals surface area (Å²) in [5, 5.41) is 35.2. The van der Waals surface area contributed by atoms with E-state index >= 15 is 0 Å². The average Bonchev–Trinajstić information content (AvgIpc) is 3.14. The summed E-state index contributed by atoms with van der Waals surface area (Å²) in [4.78, 5) is 13.0. The molecule has 0 aromatic carbocycles. The number of amides is 1. The molecule has 1 saturated heterocycles. The summed E-state index contributed by atoms with van der Waals surface area (Å²) in [5.74, 6) is -0.336. The Morgan fingerprint density at radius 1 is 0.684 bits per heavy atom. The molecule has 0 aliphatic carbocycles. The van der Waals surface area contributed by atoms with E-state index in [1.807, 2.05) is 6.08 Å². The summed E-state index contributed by atoms with van der Waals surface area (Å²) in [5.41, 5.74) is 0. The van der Waals surface area contributed by atoms with Gasteiger partial charge >= 0.3 is 20.8 Å². The third-order valence-electron chi connectivity index (χ3n) is 10.3. The maximum Gasteiger partial charge on any atom is 0.397 e. The van der Waals surface area contributed by atoms with Crippen molar-refractivity contribution in [1.82, 2.24) is 5.32 Å². The van der Waals surface area contributed by atoms with Crippen molar-refractivity contribution in [3.63, 3.8) is 0 Å². The predicted molar refractivity (Wildman–Crippen MR) is 219 cm³/mol. The van der Waals surface area contributed by atoms with Gasteiger partial charge in [-0.2, -0.15) is 16.8 Å². The second kappa shape index (κ2) is 32.5. The summed E-state index contributed by atoms with van der Waals surface area (Å²) in [6.45, 7) is 2.92. The van der Waals surface area contributed by atoms with E-state index in [-0.39, 0.29) is 12.3 Å². The lowest BCUT2D eigenvalue weighted by Crippen LogP contribution is -2.61. The molecule has 1 heterocycles. The molecule has 1 rings (SSSR count). The van der Waals surface area contributed by atoms with Crippen molar-refractivity contribution < 1.29 is 63.9 Å². The van der Waals surface area contributed by atoms with Crippen molar-refractivity contribution in [3.05, 3.63) is 12.2 Å². The Balaban J connectivity index is 2.74. The Bertz CT molecular complexity index is 1250. The molecule has 0 aromatic heterocycles. The van der Waals surface area contributed by atoms with Crippen LogP contribution in [0.5, 0.6) is 0 Å². The molecular weight excluding hydrogens is 783 g/mol. The maximum absolute atomic E-state index is 13.0. The van der Waals surface area contributed by atoms with E-state index < -0.39 is 76.9 Å². The molecule has 1 aliphatic rings. The number of rotatable bonds is 37. The molecule has 1 aliphatic heterocycles. The Kier molecular flexibility index (Phi) is 30.7. The first-order valence-corrected chi connectivity index (χ1v) is 24.5.